The van der Waals surface area contributed by atoms with Crippen molar-refractivity contribution in [2.75, 3.05) is 46.0 Å². The number of thioether (sulfide) groups is 5. The van der Waals surface area contributed by atoms with Crippen LogP contribution in [0.15, 0.2) is 0 Å². The highest BCUT2D eigenvalue weighted by atomic mass is 32.2. The maximum Gasteiger partial charge on any atom is 0.188 e. The Labute approximate surface area is 156 Å². The summed E-state index contributed by atoms with van der Waals surface area (Å²) in [5.41, 5.74) is 0. The molecule has 1 heterocycles. The van der Waals surface area contributed by atoms with Crippen molar-refractivity contribution in [3.05, 3.63) is 0 Å². The molecule has 0 saturated carbocycles. The molecule has 0 aromatic carbocycles. The van der Waals surface area contributed by atoms with Gasteiger partial charge in [0.05, 0.1) is 0 Å². The highest BCUT2D eigenvalue weighted by Gasteiger charge is 2.05. The average molecular weight is 399 g/mol. The summed E-state index contributed by atoms with van der Waals surface area (Å²) in [6, 6.07) is 0. The third kappa shape index (κ3) is 13.5. The van der Waals surface area contributed by atoms with Gasteiger partial charge in [0.2, 0.25) is 0 Å². The lowest BCUT2D eigenvalue weighted by atomic mass is 10.2. The fourth-order valence-corrected chi connectivity index (χ4v) is 6.97. The van der Waals surface area contributed by atoms with Crippen molar-refractivity contribution in [2.24, 2.45) is 0 Å². The molecule has 1 saturated heterocycles. The van der Waals surface area contributed by atoms with Crippen molar-refractivity contribution < 1.29 is 9.59 Å². The summed E-state index contributed by atoms with van der Waals surface area (Å²) in [6.45, 7) is 0. The predicted octanol–water partition coefficient (Wildman–Crippen LogP) is 4.67. The molecule has 0 aliphatic carbocycles. The van der Waals surface area contributed by atoms with E-state index in [4.69, 9.17) is 0 Å². The van der Waals surface area contributed by atoms with E-state index in [-0.39, 0.29) is 0 Å². The standard InChI is InChI=1S/C15H26O2S5/c16-14-4-2-1-3-5-15(17)22-13-11-20-9-7-18-6-8-19-10-12-21-14/h1-13H2. The minimum absolute atomic E-state index is 0.321. The minimum atomic E-state index is 0.321. The first-order chi connectivity index (χ1) is 10.8. The molecule has 0 aromatic heterocycles. The fourth-order valence-electron chi connectivity index (χ4n) is 1.83. The third-order valence-corrected chi connectivity index (χ3v) is 8.85. The lowest BCUT2D eigenvalue weighted by Gasteiger charge is -2.05. The van der Waals surface area contributed by atoms with Crippen LogP contribution in [-0.4, -0.2) is 56.3 Å². The van der Waals surface area contributed by atoms with Crippen molar-refractivity contribution in [1.29, 1.82) is 0 Å². The molecule has 0 atom stereocenters. The molecular formula is C15H26O2S5. The van der Waals surface area contributed by atoms with Gasteiger partial charge in [-0.3, -0.25) is 9.59 Å². The molecule has 1 fully saturated rings. The molecule has 0 bridgehead atoms. The van der Waals surface area contributed by atoms with Crippen LogP contribution in [0, 0.1) is 0 Å². The second-order valence-corrected chi connectivity index (χ2v) is 10.8. The zero-order chi connectivity index (χ0) is 15.9. The van der Waals surface area contributed by atoms with E-state index < -0.39 is 0 Å². The van der Waals surface area contributed by atoms with Crippen LogP contribution in [0.5, 0.6) is 0 Å². The van der Waals surface area contributed by atoms with E-state index in [1.54, 1.807) is 0 Å². The Morgan fingerprint density at radius 1 is 0.500 bits per heavy atom. The summed E-state index contributed by atoms with van der Waals surface area (Å²) >= 11 is 8.91. The normalized spacial score (nSPS) is 23.1. The first kappa shape index (κ1) is 21.1. The number of hydrogen-bond donors (Lipinski definition) is 0. The zero-order valence-corrected chi connectivity index (χ0v) is 17.1. The molecule has 2 nitrogen and oxygen atoms in total. The Morgan fingerprint density at radius 2 is 0.864 bits per heavy atom. The van der Waals surface area contributed by atoms with Crippen molar-refractivity contribution in [3.8, 4) is 0 Å². The fraction of sp³-hybridized carbons (Fsp3) is 0.867. The number of hydrogen-bond acceptors (Lipinski definition) is 7. The molecule has 1 aliphatic heterocycles. The van der Waals surface area contributed by atoms with Gasteiger partial charge in [0, 0.05) is 58.9 Å². The van der Waals surface area contributed by atoms with Gasteiger partial charge in [-0.1, -0.05) is 29.9 Å². The first-order valence-electron chi connectivity index (χ1n) is 7.83. The van der Waals surface area contributed by atoms with Crippen LogP contribution >= 0.6 is 58.8 Å². The molecule has 0 radical (unpaired) electrons. The van der Waals surface area contributed by atoms with Gasteiger partial charge >= 0.3 is 0 Å². The average Bonchev–Trinajstić information content (AvgIpc) is 2.50. The molecule has 0 aromatic rings. The van der Waals surface area contributed by atoms with Crippen molar-refractivity contribution in [3.63, 3.8) is 0 Å². The third-order valence-electron chi connectivity index (χ3n) is 2.99. The van der Waals surface area contributed by atoms with Crippen LogP contribution in [0.4, 0.5) is 0 Å². The van der Waals surface area contributed by atoms with Gasteiger partial charge in [0.15, 0.2) is 10.2 Å². The quantitative estimate of drug-likeness (QED) is 0.586. The Balaban J connectivity index is 2.18. The SMILES string of the molecule is O=C1CCCCCC(=O)SCCSCCSCCSCCS1. The van der Waals surface area contributed by atoms with Crippen LogP contribution in [0.1, 0.15) is 32.1 Å². The van der Waals surface area contributed by atoms with E-state index in [9.17, 15) is 9.59 Å². The Hall–Kier alpha value is 1.09. The molecule has 1 rings (SSSR count). The number of rotatable bonds is 0. The van der Waals surface area contributed by atoms with Crippen LogP contribution in [0.2, 0.25) is 0 Å². The molecular weight excluding hydrogens is 372 g/mol. The van der Waals surface area contributed by atoms with Gasteiger partial charge in [0.25, 0.3) is 0 Å². The predicted molar refractivity (Wildman–Crippen MR) is 110 cm³/mol. The summed E-state index contributed by atoms with van der Waals surface area (Å²) in [4.78, 5) is 23.4. The van der Waals surface area contributed by atoms with Crippen LogP contribution in [-0.2, 0) is 9.59 Å². The monoisotopic (exact) mass is 398 g/mol. The first-order valence-corrected chi connectivity index (χ1v) is 13.3. The van der Waals surface area contributed by atoms with E-state index in [0.717, 1.165) is 42.3 Å². The topological polar surface area (TPSA) is 34.1 Å². The van der Waals surface area contributed by atoms with Crippen LogP contribution in [0.25, 0.3) is 0 Å². The molecule has 22 heavy (non-hydrogen) atoms. The van der Waals surface area contributed by atoms with Gasteiger partial charge in [0.1, 0.15) is 0 Å². The molecule has 128 valence electrons. The Kier molecular flexibility index (Phi) is 15.0. The van der Waals surface area contributed by atoms with Gasteiger partial charge < -0.3 is 0 Å². The number of carbonyl (C=O) groups is 2. The van der Waals surface area contributed by atoms with E-state index in [1.165, 1.54) is 46.5 Å². The Morgan fingerprint density at radius 3 is 1.27 bits per heavy atom. The summed E-state index contributed by atoms with van der Waals surface area (Å²) in [5.74, 6) is 8.84. The lowest BCUT2D eigenvalue weighted by Crippen LogP contribution is -1.99. The van der Waals surface area contributed by atoms with E-state index in [2.05, 4.69) is 0 Å². The molecule has 0 N–H and O–H groups in total. The molecule has 0 amide bonds. The molecule has 0 spiro atoms. The van der Waals surface area contributed by atoms with E-state index >= 15 is 0 Å². The summed E-state index contributed by atoms with van der Waals surface area (Å²) in [5, 5.41) is 0.643. The zero-order valence-electron chi connectivity index (χ0n) is 13.1. The largest absolute Gasteiger partial charge is 0.287 e. The summed E-state index contributed by atoms with van der Waals surface area (Å²) in [7, 11) is 0. The van der Waals surface area contributed by atoms with Crippen molar-refractivity contribution >= 4 is 69.0 Å². The van der Waals surface area contributed by atoms with Gasteiger partial charge in [-0.2, -0.15) is 35.3 Å². The number of carbonyl (C=O) groups excluding carboxylic acids is 2. The maximum absolute atomic E-state index is 11.7. The van der Waals surface area contributed by atoms with Crippen molar-refractivity contribution in [2.45, 2.75) is 32.1 Å². The Bertz CT molecular complexity index is 284. The van der Waals surface area contributed by atoms with Crippen LogP contribution < -0.4 is 0 Å². The van der Waals surface area contributed by atoms with Gasteiger partial charge in [-0.05, 0) is 12.8 Å². The summed E-state index contributed by atoms with van der Waals surface area (Å²) < 4.78 is 0. The van der Waals surface area contributed by atoms with Crippen LogP contribution in [0.3, 0.4) is 0 Å². The second kappa shape index (κ2) is 15.6. The molecule has 7 heteroatoms. The maximum atomic E-state index is 11.7. The van der Waals surface area contributed by atoms with E-state index in [0.29, 0.717) is 23.1 Å². The highest BCUT2D eigenvalue weighted by molar-refractivity contribution is 8.14. The smallest absolute Gasteiger partial charge is 0.188 e. The molecule has 1 aliphatic rings. The van der Waals surface area contributed by atoms with Gasteiger partial charge in [-0.25, -0.2) is 0 Å². The minimum Gasteiger partial charge on any atom is -0.287 e. The second-order valence-electron chi connectivity index (χ2n) is 4.84. The summed E-state index contributed by atoms with van der Waals surface area (Å²) in [6.07, 6.45) is 4.21. The lowest BCUT2D eigenvalue weighted by molar-refractivity contribution is -0.111. The molecule has 0 unspecified atom stereocenters. The van der Waals surface area contributed by atoms with Gasteiger partial charge in [-0.15, -0.1) is 0 Å². The van der Waals surface area contributed by atoms with E-state index in [1.807, 2.05) is 35.3 Å². The highest BCUT2D eigenvalue weighted by Crippen LogP contribution is 2.17. The van der Waals surface area contributed by atoms with Crippen molar-refractivity contribution in [1.82, 2.24) is 0 Å².